The van der Waals surface area contributed by atoms with Gasteiger partial charge in [-0.25, -0.2) is 8.42 Å². The van der Waals surface area contributed by atoms with Crippen molar-refractivity contribution < 1.29 is 8.42 Å². The molecule has 3 atom stereocenters. The molecule has 2 aliphatic rings. The highest BCUT2D eigenvalue weighted by Gasteiger charge is 2.41. The van der Waals surface area contributed by atoms with Crippen LogP contribution in [0, 0.1) is 17.8 Å². The molecule has 0 radical (unpaired) electrons. The van der Waals surface area contributed by atoms with Crippen molar-refractivity contribution in [2.75, 3.05) is 11.5 Å². The molecule has 2 fully saturated rings. The summed E-state index contributed by atoms with van der Waals surface area (Å²) in [6.45, 7) is 0. The zero-order valence-corrected chi connectivity index (χ0v) is 11.2. The van der Waals surface area contributed by atoms with E-state index in [-0.39, 0.29) is 5.75 Å². The standard InChI is InChI=1S/C14H19NO2S/c15-13-3-1-2-4-14(13)18(16,17)9-12-8-10-5-6-11(12)7-10/h1-4,10-12H,5-9,15H2. The Morgan fingerprint density at radius 3 is 2.56 bits per heavy atom. The highest BCUT2D eigenvalue weighted by atomic mass is 32.2. The van der Waals surface area contributed by atoms with E-state index in [0.29, 0.717) is 22.4 Å². The van der Waals surface area contributed by atoms with Gasteiger partial charge < -0.3 is 5.73 Å². The van der Waals surface area contributed by atoms with E-state index in [2.05, 4.69) is 0 Å². The van der Waals surface area contributed by atoms with Crippen molar-refractivity contribution in [3.63, 3.8) is 0 Å². The summed E-state index contributed by atoms with van der Waals surface area (Å²) in [5.41, 5.74) is 6.15. The first kappa shape index (κ1) is 12.0. The largest absolute Gasteiger partial charge is 0.398 e. The first-order valence-electron chi connectivity index (χ1n) is 6.63. The lowest BCUT2D eigenvalue weighted by Gasteiger charge is -2.21. The van der Waals surface area contributed by atoms with Crippen LogP contribution >= 0.6 is 0 Å². The smallest absolute Gasteiger partial charge is 0.180 e. The monoisotopic (exact) mass is 265 g/mol. The number of nitrogen functional groups attached to an aromatic ring is 1. The summed E-state index contributed by atoms with van der Waals surface area (Å²) in [5, 5.41) is 0. The third-order valence-electron chi connectivity index (χ3n) is 4.57. The third-order valence-corrected chi connectivity index (χ3v) is 6.48. The molecule has 98 valence electrons. The number of para-hydroxylation sites is 1. The van der Waals surface area contributed by atoms with Crippen molar-refractivity contribution in [1.29, 1.82) is 0 Å². The highest BCUT2D eigenvalue weighted by Crippen LogP contribution is 2.49. The Hall–Kier alpha value is -1.03. The number of anilines is 1. The Labute approximate surface area is 108 Å². The van der Waals surface area contributed by atoms with Gasteiger partial charge in [-0.2, -0.15) is 0 Å². The second kappa shape index (κ2) is 4.26. The first-order chi connectivity index (χ1) is 8.56. The van der Waals surface area contributed by atoms with E-state index in [4.69, 9.17) is 5.73 Å². The van der Waals surface area contributed by atoms with Gasteiger partial charge in [0.15, 0.2) is 9.84 Å². The second-order valence-electron chi connectivity index (χ2n) is 5.75. The summed E-state index contributed by atoms with van der Waals surface area (Å²) >= 11 is 0. The molecule has 0 saturated heterocycles. The van der Waals surface area contributed by atoms with Crippen molar-refractivity contribution in [2.24, 2.45) is 17.8 Å². The minimum atomic E-state index is -3.22. The number of sulfone groups is 1. The Morgan fingerprint density at radius 2 is 1.94 bits per heavy atom. The lowest BCUT2D eigenvalue weighted by atomic mass is 9.90. The molecule has 3 rings (SSSR count). The molecular formula is C14H19NO2S. The molecule has 0 spiro atoms. The maximum Gasteiger partial charge on any atom is 0.180 e. The minimum Gasteiger partial charge on any atom is -0.398 e. The van der Waals surface area contributed by atoms with Crippen molar-refractivity contribution in [1.82, 2.24) is 0 Å². The number of fused-ring (bicyclic) bond motifs is 2. The average molecular weight is 265 g/mol. The van der Waals surface area contributed by atoms with Crippen LogP contribution in [0.1, 0.15) is 25.7 Å². The van der Waals surface area contributed by atoms with Gasteiger partial charge in [0.2, 0.25) is 0 Å². The maximum atomic E-state index is 12.4. The minimum absolute atomic E-state index is 0.280. The molecule has 0 aromatic heterocycles. The van der Waals surface area contributed by atoms with Gasteiger partial charge in [0.1, 0.15) is 0 Å². The molecule has 4 heteroatoms. The molecule has 2 aliphatic carbocycles. The van der Waals surface area contributed by atoms with Crippen LogP contribution in [0.15, 0.2) is 29.2 Å². The average Bonchev–Trinajstić information content (AvgIpc) is 2.90. The van der Waals surface area contributed by atoms with E-state index in [1.165, 1.54) is 19.3 Å². The third kappa shape index (κ3) is 2.03. The van der Waals surface area contributed by atoms with E-state index in [1.54, 1.807) is 24.3 Å². The van der Waals surface area contributed by atoms with E-state index in [9.17, 15) is 8.42 Å². The van der Waals surface area contributed by atoms with E-state index in [1.807, 2.05) is 0 Å². The van der Waals surface area contributed by atoms with Gasteiger partial charge in [0.25, 0.3) is 0 Å². The Bertz CT molecular complexity index is 553. The number of hydrogen-bond acceptors (Lipinski definition) is 3. The molecule has 0 heterocycles. The number of nitrogens with two attached hydrogens (primary N) is 1. The van der Waals surface area contributed by atoms with Crippen LogP contribution in [0.2, 0.25) is 0 Å². The van der Waals surface area contributed by atoms with Gasteiger partial charge in [-0.3, -0.25) is 0 Å². The quantitative estimate of drug-likeness (QED) is 0.854. The van der Waals surface area contributed by atoms with Crippen LogP contribution < -0.4 is 5.73 Å². The molecule has 2 saturated carbocycles. The fraction of sp³-hybridized carbons (Fsp3) is 0.571. The van der Waals surface area contributed by atoms with Crippen LogP contribution in [-0.4, -0.2) is 14.2 Å². The molecule has 3 unspecified atom stereocenters. The van der Waals surface area contributed by atoms with Gasteiger partial charge in [0, 0.05) is 0 Å². The zero-order valence-electron chi connectivity index (χ0n) is 10.4. The van der Waals surface area contributed by atoms with Gasteiger partial charge >= 0.3 is 0 Å². The fourth-order valence-corrected chi connectivity index (χ4v) is 5.58. The predicted octanol–water partition coefficient (Wildman–Crippen LogP) is 2.48. The van der Waals surface area contributed by atoms with E-state index >= 15 is 0 Å². The van der Waals surface area contributed by atoms with E-state index < -0.39 is 9.84 Å². The Morgan fingerprint density at radius 1 is 1.17 bits per heavy atom. The van der Waals surface area contributed by atoms with Crippen molar-refractivity contribution in [3.05, 3.63) is 24.3 Å². The zero-order chi connectivity index (χ0) is 12.8. The number of benzene rings is 1. The summed E-state index contributed by atoms with van der Waals surface area (Å²) in [6, 6.07) is 6.79. The molecule has 3 nitrogen and oxygen atoms in total. The van der Waals surface area contributed by atoms with Crippen molar-refractivity contribution in [2.45, 2.75) is 30.6 Å². The van der Waals surface area contributed by atoms with Crippen LogP contribution in [0.25, 0.3) is 0 Å². The summed E-state index contributed by atoms with van der Waals surface area (Å²) in [7, 11) is -3.22. The topological polar surface area (TPSA) is 60.2 Å². The van der Waals surface area contributed by atoms with Gasteiger partial charge in [0.05, 0.1) is 16.3 Å². The SMILES string of the molecule is Nc1ccccc1S(=O)(=O)CC1CC2CCC1C2. The van der Waals surface area contributed by atoms with Gasteiger partial charge in [-0.05, 0) is 49.1 Å². The molecule has 2 N–H and O–H groups in total. The maximum absolute atomic E-state index is 12.4. The van der Waals surface area contributed by atoms with E-state index in [0.717, 1.165) is 12.3 Å². The first-order valence-corrected chi connectivity index (χ1v) is 8.29. The summed E-state index contributed by atoms with van der Waals surface area (Å²) in [6.07, 6.45) is 4.85. The molecular weight excluding hydrogens is 246 g/mol. The highest BCUT2D eigenvalue weighted by molar-refractivity contribution is 7.91. The van der Waals surface area contributed by atoms with Crippen LogP contribution in [0.5, 0.6) is 0 Å². The predicted molar refractivity (Wildman–Crippen MR) is 71.8 cm³/mol. The molecule has 0 amide bonds. The fourth-order valence-electron chi connectivity index (χ4n) is 3.72. The molecule has 1 aromatic rings. The summed E-state index contributed by atoms with van der Waals surface area (Å²) in [5.74, 6) is 2.05. The van der Waals surface area contributed by atoms with Crippen LogP contribution in [0.4, 0.5) is 5.69 Å². The summed E-state index contributed by atoms with van der Waals surface area (Å²) < 4.78 is 24.8. The number of rotatable bonds is 3. The van der Waals surface area contributed by atoms with Crippen molar-refractivity contribution in [3.8, 4) is 0 Å². The van der Waals surface area contributed by atoms with Crippen molar-refractivity contribution >= 4 is 15.5 Å². The molecule has 18 heavy (non-hydrogen) atoms. The Balaban J connectivity index is 1.82. The van der Waals surface area contributed by atoms with Gasteiger partial charge in [-0.1, -0.05) is 18.6 Å². The molecule has 1 aromatic carbocycles. The molecule has 2 bridgehead atoms. The molecule has 0 aliphatic heterocycles. The normalized spacial score (nSPS) is 30.8. The number of hydrogen-bond donors (Lipinski definition) is 1. The van der Waals surface area contributed by atoms with Crippen LogP contribution in [0.3, 0.4) is 0 Å². The summed E-state index contributed by atoms with van der Waals surface area (Å²) in [4.78, 5) is 0.313. The van der Waals surface area contributed by atoms with Crippen LogP contribution in [-0.2, 0) is 9.84 Å². The lowest BCUT2D eigenvalue weighted by Crippen LogP contribution is -2.22. The Kier molecular flexibility index (Phi) is 2.85. The lowest BCUT2D eigenvalue weighted by molar-refractivity contribution is 0.360. The van der Waals surface area contributed by atoms with Gasteiger partial charge in [-0.15, -0.1) is 0 Å². The second-order valence-corrected chi connectivity index (χ2v) is 7.76.